The molecule has 0 bridgehead atoms. The molecule has 0 spiro atoms. The lowest BCUT2D eigenvalue weighted by atomic mass is 10.1. The number of benzene rings is 1. The predicted octanol–water partition coefficient (Wildman–Crippen LogP) is 2.85. The minimum atomic E-state index is -0.237. The number of thiazole rings is 1. The predicted molar refractivity (Wildman–Crippen MR) is 76.4 cm³/mol. The van der Waals surface area contributed by atoms with Gasteiger partial charge in [-0.3, -0.25) is 10.1 Å². The normalized spacial score (nSPS) is 10.5. The van der Waals surface area contributed by atoms with Gasteiger partial charge < -0.3 is 4.74 Å². The molecule has 1 aromatic carbocycles. The molecule has 6 heteroatoms. The molecule has 0 saturated heterocycles. The summed E-state index contributed by atoms with van der Waals surface area (Å²) in [5.41, 5.74) is 0.614. The quantitative estimate of drug-likeness (QED) is 0.891. The second-order valence-corrected chi connectivity index (χ2v) is 5.20. The number of hydrogen-bond donors (Lipinski definition) is 1. The second kappa shape index (κ2) is 7.12. The van der Waals surface area contributed by atoms with E-state index < -0.39 is 0 Å². The van der Waals surface area contributed by atoms with Crippen molar-refractivity contribution in [1.29, 1.82) is 0 Å². The molecule has 0 saturated carbocycles. The molecule has 4 nitrogen and oxygen atoms in total. The SMILES string of the molecule is CCOCC(=O)Nc1ncc(Cc2ccccc2F)s1. The van der Waals surface area contributed by atoms with Gasteiger partial charge >= 0.3 is 0 Å². The van der Waals surface area contributed by atoms with Crippen LogP contribution >= 0.6 is 11.3 Å². The maximum Gasteiger partial charge on any atom is 0.252 e. The fraction of sp³-hybridized carbons (Fsp3) is 0.286. The van der Waals surface area contributed by atoms with Gasteiger partial charge in [0, 0.05) is 24.1 Å². The highest BCUT2D eigenvalue weighted by molar-refractivity contribution is 7.15. The average Bonchev–Trinajstić information content (AvgIpc) is 2.86. The zero-order chi connectivity index (χ0) is 14.4. The van der Waals surface area contributed by atoms with Crippen LogP contribution < -0.4 is 5.32 Å². The number of halogens is 1. The molecule has 0 atom stereocenters. The van der Waals surface area contributed by atoms with Crippen molar-refractivity contribution in [3.8, 4) is 0 Å². The van der Waals surface area contributed by atoms with E-state index in [9.17, 15) is 9.18 Å². The number of anilines is 1. The van der Waals surface area contributed by atoms with Crippen molar-refractivity contribution in [2.24, 2.45) is 0 Å². The van der Waals surface area contributed by atoms with Crippen LogP contribution in [0.25, 0.3) is 0 Å². The third-order valence-electron chi connectivity index (χ3n) is 2.56. The van der Waals surface area contributed by atoms with Crippen molar-refractivity contribution < 1.29 is 13.9 Å². The molecule has 0 aliphatic carbocycles. The Morgan fingerprint density at radius 2 is 2.25 bits per heavy atom. The molecule has 1 aromatic heterocycles. The first-order chi connectivity index (χ1) is 9.69. The summed E-state index contributed by atoms with van der Waals surface area (Å²) >= 11 is 1.33. The topological polar surface area (TPSA) is 51.2 Å². The Bertz CT molecular complexity index is 586. The smallest absolute Gasteiger partial charge is 0.252 e. The molecule has 0 aliphatic heterocycles. The highest BCUT2D eigenvalue weighted by Gasteiger charge is 2.08. The van der Waals surface area contributed by atoms with E-state index in [1.807, 2.05) is 6.92 Å². The van der Waals surface area contributed by atoms with Crippen molar-refractivity contribution in [2.75, 3.05) is 18.5 Å². The standard InChI is InChI=1S/C14H15FN2O2S/c1-2-19-9-13(18)17-14-16-8-11(20-14)7-10-5-3-4-6-12(10)15/h3-6,8H,2,7,9H2,1H3,(H,16,17,18). The van der Waals surface area contributed by atoms with Gasteiger partial charge in [0.1, 0.15) is 12.4 Å². The zero-order valence-electron chi connectivity index (χ0n) is 11.1. The monoisotopic (exact) mass is 294 g/mol. The molecule has 20 heavy (non-hydrogen) atoms. The summed E-state index contributed by atoms with van der Waals surface area (Å²) in [6, 6.07) is 6.62. The van der Waals surface area contributed by atoms with Crippen molar-refractivity contribution in [3.05, 3.63) is 46.7 Å². The molecule has 0 radical (unpaired) electrons. The van der Waals surface area contributed by atoms with E-state index in [0.717, 1.165) is 4.88 Å². The highest BCUT2D eigenvalue weighted by atomic mass is 32.1. The summed E-state index contributed by atoms with van der Waals surface area (Å²) in [5, 5.41) is 3.15. The first kappa shape index (κ1) is 14.6. The van der Waals surface area contributed by atoms with E-state index in [1.54, 1.807) is 24.4 Å². The van der Waals surface area contributed by atoms with Crippen LogP contribution in [0.3, 0.4) is 0 Å². The van der Waals surface area contributed by atoms with Gasteiger partial charge in [0.15, 0.2) is 5.13 Å². The van der Waals surface area contributed by atoms with Crippen LogP contribution in [-0.2, 0) is 16.0 Å². The average molecular weight is 294 g/mol. The van der Waals surface area contributed by atoms with Crippen molar-refractivity contribution in [1.82, 2.24) is 4.98 Å². The van der Waals surface area contributed by atoms with Gasteiger partial charge in [-0.2, -0.15) is 0 Å². The Morgan fingerprint density at radius 1 is 1.45 bits per heavy atom. The summed E-state index contributed by atoms with van der Waals surface area (Å²) < 4.78 is 18.5. The van der Waals surface area contributed by atoms with Gasteiger partial charge in [-0.1, -0.05) is 18.2 Å². The number of ether oxygens (including phenoxy) is 1. The number of nitrogens with zero attached hydrogens (tertiary/aromatic N) is 1. The minimum Gasteiger partial charge on any atom is -0.372 e. The molecule has 0 aliphatic rings. The molecule has 1 heterocycles. The number of carbonyl (C=O) groups is 1. The number of carbonyl (C=O) groups excluding carboxylic acids is 1. The maximum absolute atomic E-state index is 13.5. The molecule has 1 amide bonds. The Labute approximate surface area is 120 Å². The van der Waals surface area contributed by atoms with Gasteiger partial charge in [-0.15, -0.1) is 11.3 Å². The Kier molecular flexibility index (Phi) is 5.20. The van der Waals surface area contributed by atoms with Crippen molar-refractivity contribution in [2.45, 2.75) is 13.3 Å². The van der Waals surface area contributed by atoms with E-state index in [1.165, 1.54) is 17.4 Å². The summed E-state index contributed by atoms with van der Waals surface area (Å²) in [5.74, 6) is -0.471. The molecule has 1 N–H and O–H groups in total. The number of aromatic nitrogens is 1. The molecule has 0 unspecified atom stereocenters. The highest BCUT2D eigenvalue weighted by Crippen LogP contribution is 2.22. The summed E-state index contributed by atoms with van der Waals surface area (Å²) in [7, 11) is 0. The van der Waals surface area contributed by atoms with Crippen molar-refractivity contribution in [3.63, 3.8) is 0 Å². The second-order valence-electron chi connectivity index (χ2n) is 4.09. The van der Waals surface area contributed by atoms with Crippen LogP contribution in [0.5, 0.6) is 0 Å². The number of hydrogen-bond acceptors (Lipinski definition) is 4. The summed E-state index contributed by atoms with van der Waals surface area (Å²) in [4.78, 5) is 16.5. The van der Waals surface area contributed by atoms with E-state index in [2.05, 4.69) is 10.3 Å². The third kappa shape index (κ3) is 4.11. The largest absolute Gasteiger partial charge is 0.372 e. The lowest BCUT2D eigenvalue weighted by molar-refractivity contribution is -0.120. The summed E-state index contributed by atoms with van der Waals surface area (Å²) in [6.45, 7) is 2.33. The molecule has 106 valence electrons. The van der Waals surface area contributed by atoms with E-state index in [0.29, 0.717) is 23.7 Å². The van der Waals surface area contributed by atoms with Crippen molar-refractivity contribution >= 4 is 22.4 Å². The van der Waals surface area contributed by atoms with Crippen LogP contribution in [0.1, 0.15) is 17.4 Å². The Balaban J connectivity index is 1.96. The minimum absolute atomic E-state index is 0.0126. The first-order valence-corrected chi connectivity index (χ1v) is 7.06. The lowest BCUT2D eigenvalue weighted by Gasteiger charge is -2.01. The lowest BCUT2D eigenvalue weighted by Crippen LogP contribution is -2.17. The van der Waals surface area contributed by atoms with Gasteiger partial charge in [0.2, 0.25) is 0 Å². The third-order valence-corrected chi connectivity index (χ3v) is 3.47. The van der Waals surface area contributed by atoms with Crippen LogP contribution in [0.4, 0.5) is 9.52 Å². The van der Waals surface area contributed by atoms with E-state index in [4.69, 9.17) is 4.74 Å². The Hall–Kier alpha value is -1.79. The molecular formula is C14H15FN2O2S. The van der Waals surface area contributed by atoms with Crippen LogP contribution in [0.15, 0.2) is 30.5 Å². The Morgan fingerprint density at radius 3 is 3.00 bits per heavy atom. The molecule has 2 rings (SSSR count). The molecule has 2 aromatic rings. The number of amides is 1. The van der Waals surface area contributed by atoms with E-state index in [-0.39, 0.29) is 18.3 Å². The van der Waals surface area contributed by atoms with Crippen LogP contribution in [-0.4, -0.2) is 24.1 Å². The van der Waals surface area contributed by atoms with E-state index >= 15 is 0 Å². The number of rotatable bonds is 6. The fourth-order valence-corrected chi connectivity index (χ4v) is 2.48. The van der Waals surface area contributed by atoms with Crippen LogP contribution in [0.2, 0.25) is 0 Å². The first-order valence-electron chi connectivity index (χ1n) is 6.24. The number of nitrogens with one attached hydrogen (secondary N) is 1. The van der Waals surface area contributed by atoms with Gasteiger partial charge in [0.05, 0.1) is 0 Å². The maximum atomic E-state index is 13.5. The summed E-state index contributed by atoms with van der Waals surface area (Å²) in [6.07, 6.45) is 2.11. The van der Waals surface area contributed by atoms with Gasteiger partial charge in [-0.25, -0.2) is 9.37 Å². The molecule has 0 fully saturated rings. The van der Waals surface area contributed by atoms with Gasteiger partial charge in [-0.05, 0) is 18.6 Å². The zero-order valence-corrected chi connectivity index (χ0v) is 11.9. The molecular weight excluding hydrogens is 279 g/mol. The fourth-order valence-electron chi connectivity index (χ4n) is 1.63. The van der Waals surface area contributed by atoms with Crippen LogP contribution in [0, 0.1) is 5.82 Å². The van der Waals surface area contributed by atoms with Gasteiger partial charge in [0.25, 0.3) is 5.91 Å².